The van der Waals surface area contributed by atoms with Gasteiger partial charge in [0.05, 0.1) is 10.4 Å². The summed E-state index contributed by atoms with van der Waals surface area (Å²) in [6.07, 6.45) is 9.30. The van der Waals surface area contributed by atoms with E-state index in [4.69, 9.17) is 5.73 Å². The van der Waals surface area contributed by atoms with Crippen LogP contribution in [0.5, 0.6) is 0 Å². The van der Waals surface area contributed by atoms with Crippen molar-refractivity contribution >= 4 is 39.3 Å². The van der Waals surface area contributed by atoms with Gasteiger partial charge in [-0.2, -0.15) is 0 Å². The Bertz CT molecular complexity index is 1120. The molecule has 0 unspecified atom stereocenters. The molecule has 0 spiro atoms. The fourth-order valence-corrected chi connectivity index (χ4v) is 5.67. The molecule has 2 fully saturated rings. The van der Waals surface area contributed by atoms with Crippen LogP contribution in [0.2, 0.25) is 0 Å². The Morgan fingerprint density at radius 3 is 2.58 bits per heavy atom. The highest BCUT2D eigenvalue weighted by Crippen LogP contribution is 2.39. The summed E-state index contributed by atoms with van der Waals surface area (Å²) in [7, 11) is 0. The third kappa shape index (κ3) is 3.74. The van der Waals surface area contributed by atoms with Gasteiger partial charge in [0.25, 0.3) is 11.8 Å². The topological polar surface area (TPSA) is 105 Å². The molecule has 2 saturated heterocycles. The van der Waals surface area contributed by atoms with Gasteiger partial charge >= 0.3 is 0 Å². The largest absolute Gasteiger partial charge is 0.365 e. The van der Waals surface area contributed by atoms with Crippen molar-refractivity contribution in [3.8, 4) is 0 Å². The predicted octanol–water partition coefficient (Wildman–Crippen LogP) is 2.81. The molecule has 31 heavy (non-hydrogen) atoms. The van der Waals surface area contributed by atoms with Gasteiger partial charge in [-0.25, -0.2) is 15.0 Å². The molecule has 5 rings (SSSR count). The Labute approximate surface area is 184 Å². The van der Waals surface area contributed by atoms with Crippen molar-refractivity contribution < 1.29 is 9.59 Å². The van der Waals surface area contributed by atoms with Crippen molar-refractivity contribution in [2.24, 2.45) is 5.73 Å². The second kappa shape index (κ2) is 8.22. The van der Waals surface area contributed by atoms with Gasteiger partial charge in [0.2, 0.25) is 5.95 Å². The molecule has 0 aromatic carbocycles. The van der Waals surface area contributed by atoms with E-state index in [2.05, 4.69) is 19.9 Å². The molecule has 2 amide bonds. The maximum atomic E-state index is 13.1. The van der Waals surface area contributed by atoms with Gasteiger partial charge in [0.1, 0.15) is 4.83 Å². The van der Waals surface area contributed by atoms with Crippen LogP contribution < -0.4 is 10.6 Å². The van der Waals surface area contributed by atoms with E-state index >= 15 is 0 Å². The number of aromatic nitrogens is 3. The molecule has 9 heteroatoms. The summed E-state index contributed by atoms with van der Waals surface area (Å²) in [5, 5.41) is 0.954. The van der Waals surface area contributed by atoms with E-state index in [1.165, 1.54) is 17.8 Å². The molecule has 8 nitrogen and oxygen atoms in total. The van der Waals surface area contributed by atoms with Crippen LogP contribution in [0.3, 0.4) is 0 Å². The molecule has 0 saturated carbocycles. The van der Waals surface area contributed by atoms with Crippen molar-refractivity contribution in [1.29, 1.82) is 0 Å². The van der Waals surface area contributed by atoms with Crippen molar-refractivity contribution in [2.75, 3.05) is 31.1 Å². The van der Waals surface area contributed by atoms with Crippen LogP contribution in [0.1, 0.15) is 57.2 Å². The van der Waals surface area contributed by atoms with E-state index < -0.39 is 5.91 Å². The van der Waals surface area contributed by atoms with E-state index in [-0.39, 0.29) is 11.8 Å². The number of thiophene rings is 1. The SMILES string of the molecule is NC(=O)c1sc2ncccc2c1[C@@H]1CCN(C(=O)c2cnc(N3CCCCC3)nc2)C1. The Morgan fingerprint density at radius 1 is 1.06 bits per heavy atom. The molecule has 5 heterocycles. The monoisotopic (exact) mass is 436 g/mol. The number of carbonyl (C=O) groups is 2. The first-order valence-electron chi connectivity index (χ1n) is 10.7. The quantitative estimate of drug-likeness (QED) is 0.674. The van der Waals surface area contributed by atoms with Crippen LogP contribution in [0.15, 0.2) is 30.7 Å². The maximum Gasteiger partial charge on any atom is 0.259 e. The van der Waals surface area contributed by atoms with Crippen LogP contribution >= 0.6 is 11.3 Å². The minimum atomic E-state index is -0.440. The number of fused-ring (bicyclic) bond motifs is 1. The number of pyridine rings is 1. The van der Waals surface area contributed by atoms with E-state index in [0.717, 1.165) is 48.1 Å². The van der Waals surface area contributed by atoms with Crippen LogP contribution in [0.25, 0.3) is 10.2 Å². The van der Waals surface area contributed by atoms with Crippen molar-refractivity contribution in [3.63, 3.8) is 0 Å². The van der Waals surface area contributed by atoms with E-state index in [9.17, 15) is 9.59 Å². The fourth-order valence-electron chi connectivity index (χ4n) is 4.59. The Morgan fingerprint density at radius 2 is 1.84 bits per heavy atom. The predicted molar refractivity (Wildman–Crippen MR) is 119 cm³/mol. The first-order chi connectivity index (χ1) is 15.1. The summed E-state index contributed by atoms with van der Waals surface area (Å²) in [5.74, 6) is 0.229. The summed E-state index contributed by atoms with van der Waals surface area (Å²) >= 11 is 1.33. The lowest BCUT2D eigenvalue weighted by atomic mass is 9.95. The van der Waals surface area contributed by atoms with Gasteiger partial charge in [-0.05, 0) is 37.3 Å². The number of nitrogens with two attached hydrogens (primary N) is 1. The Hall–Kier alpha value is -3.07. The normalized spacial score (nSPS) is 19.2. The molecule has 1 atom stereocenters. The second-order valence-electron chi connectivity index (χ2n) is 8.12. The highest BCUT2D eigenvalue weighted by molar-refractivity contribution is 7.20. The molecule has 0 aliphatic carbocycles. The van der Waals surface area contributed by atoms with Gasteiger partial charge in [0.15, 0.2) is 0 Å². The summed E-state index contributed by atoms with van der Waals surface area (Å²) in [6, 6.07) is 3.83. The number of likely N-dealkylation sites (tertiary alicyclic amines) is 1. The molecule has 3 aromatic heterocycles. The molecule has 2 aliphatic heterocycles. The molecule has 2 aliphatic rings. The first kappa shape index (κ1) is 19.9. The van der Waals surface area contributed by atoms with Gasteiger partial charge in [-0.15, -0.1) is 11.3 Å². The highest BCUT2D eigenvalue weighted by Gasteiger charge is 2.33. The second-order valence-corrected chi connectivity index (χ2v) is 9.12. The summed E-state index contributed by atoms with van der Waals surface area (Å²) in [6.45, 7) is 3.08. The van der Waals surface area contributed by atoms with Crippen molar-refractivity contribution in [3.05, 3.63) is 46.7 Å². The van der Waals surface area contributed by atoms with E-state index in [0.29, 0.717) is 29.5 Å². The number of anilines is 1. The van der Waals surface area contributed by atoms with E-state index in [1.54, 1.807) is 18.6 Å². The van der Waals surface area contributed by atoms with Gasteiger partial charge < -0.3 is 15.5 Å². The lowest BCUT2D eigenvalue weighted by molar-refractivity contribution is 0.0790. The third-order valence-electron chi connectivity index (χ3n) is 6.14. The minimum absolute atomic E-state index is 0.0536. The number of hydrogen-bond donors (Lipinski definition) is 1. The number of carbonyl (C=O) groups excluding carboxylic acids is 2. The number of piperidine rings is 1. The number of primary amides is 1. The molecule has 0 radical (unpaired) electrons. The third-order valence-corrected chi connectivity index (χ3v) is 7.28. The van der Waals surface area contributed by atoms with Gasteiger partial charge in [0, 0.05) is 56.1 Å². The minimum Gasteiger partial charge on any atom is -0.365 e. The highest BCUT2D eigenvalue weighted by atomic mass is 32.1. The Kier molecular flexibility index (Phi) is 5.27. The standard InChI is InChI=1S/C22H24N6O2S/c23-19(29)18-17(16-5-4-7-24-20(16)31-18)14-6-10-28(13-14)21(30)15-11-25-22(26-12-15)27-8-2-1-3-9-27/h4-5,7,11-12,14H,1-3,6,8-10,13H2,(H2,23,29)/t14-/m1/s1. The summed E-state index contributed by atoms with van der Waals surface area (Å²) < 4.78 is 0. The van der Waals surface area contributed by atoms with Gasteiger partial charge in [-0.3, -0.25) is 9.59 Å². The zero-order valence-electron chi connectivity index (χ0n) is 17.2. The maximum absolute atomic E-state index is 13.1. The van der Waals surface area contributed by atoms with Crippen molar-refractivity contribution in [2.45, 2.75) is 31.6 Å². The lowest BCUT2D eigenvalue weighted by Gasteiger charge is -2.26. The average Bonchev–Trinajstić information content (AvgIpc) is 3.44. The van der Waals surface area contributed by atoms with Crippen LogP contribution in [-0.2, 0) is 0 Å². The summed E-state index contributed by atoms with van der Waals surface area (Å²) in [4.78, 5) is 43.7. The number of nitrogens with zero attached hydrogens (tertiary/aromatic N) is 5. The molecule has 3 aromatic rings. The van der Waals surface area contributed by atoms with Crippen LogP contribution in [0, 0.1) is 0 Å². The van der Waals surface area contributed by atoms with Gasteiger partial charge in [-0.1, -0.05) is 6.07 Å². The zero-order chi connectivity index (χ0) is 21.4. The smallest absolute Gasteiger partial charge is 0.259 e. The average molecular weight is 437 g/mol. The van der Waals surface area contributed by atoms with Crippen LogP contribution in [0.4, 0.5) is 5.95 Å². The number of hydrogen-bond acceptors (Lipinski definition) is 7. The number of amides is 2. The fraction of sp³-hybridized carbons (Fsp3) is 0.409. The lowest BCUT2D eigenvalue weighted by Crippen LogP contribution is -2.32. The van der Waals surface area contributed by atoms with Crippen molar-refractivity contribution in [1.82, 2.24) is 19.9 Å². The molecule has 0 bridgehead atoms. The molecular formula is C22H24N6O2S. The molecule has 160 valence electrons. The first-order valence-corrected chi connectivity index (χ1v) is 11.5. The zero-order valence-corrected chi connectivity index (χ0v) is 18.0. The Balaban J connectivity index is 1.34. The number of rotatable bonds is 4. The molecular weight excluding hydrogens is 412 g/mol. The van der Waals surface area contributed by atoms with E-state index in [1.807, 2.05) is 17.0 Å². The summed E-state index contributed by atoms with van der Waals surface area (Å²) in [5.41, 5.74) is 7.07. The molecule has 2 N–H and O–H groups in total. The van der Waals surface area contributed by atoms with Crippen LogP contribution in [-0.4, -0.2) is 57.8 Å².